The van der Waals surface area contributed by atoms with Crippen molar-refractivity contribution < 1.29 is 0 Å². The van der Waals surface area contributed by atoms with Gasteiger partial charge in [-0.05, 0) is 51.5 Å². The fourth-order valence-electron chi connectivity index (χ4n) is 1.43. The Morgan fingerprint density at radius 1 is 1.35 bits per heavy atom. The van der Waals surface area contributed by atoms with E-state index in [-0.39, 0.29) is 0 Å². The molecule has 0 saturated carbocycles. The lowest BCUT2D eigenvalue weighted by Crippen LogP contribution is -2.44. The Bertz CT molecular complexity index is 470. The maximum atomic E-state index is 5.40. The van der Waals surface area contributed by atoms with E-state index in [1.807, 2.05) is 32.9 Å². The van der Waals surface area contributed by atoms with Crippen LogP contribution in [-0.2, 0) is 0 Å². The van der Waals surface area contributed by atoms with Crippen LogP contribution in [0.3, 0.4) is 0 Å². The lowest BCUT2D eigenvalue weighted by molar-refractivity contribution is 0.603. The van der Waals surface area contributed by atoms with Gasteiger partial charge in [0.2, 0.25) is 0 Å². The highest BCUT2D eigenvalue weighted by atomic mass is 32.1. The van der Waals surface area contributed by atoms with Crippen molar-refractivity contribution in [1.82, 2.24) is 5.32 Å². The third-order valence-corrected chi connectivity index (χ3v) is 2.62. The van der Waals surface area contributed by atoms with Gasteiger partial charge in [-0.25, -0.2) is 0 Å². The first-order chi connectivity index (χ1) is 7.84. The predicted molar refractivity (Wildman–Crippen MR) is 78.2 cm³/mol. The summed E-state index contributed by atoms with van der Waals surface area (Å²) in [6.45, 7) is 7.92. The van der Waals surface area contributed by atoms with Crippen LogP contribution in [0, 0.1) is 26.2 Å². The molecule has 1 aromatic rings. The molecular weight excluding hydrogens is 228 g/mol. The van der Waals surface area contributed by atoms with E-state index >= 15 is 0 Å². The molecule has 0 bridgehead atoms. The Morgan fingerprint density at radius 2 is 2.00 bits per heavy atom. The average Bonchev–Trinajstić information content (AvgIpc) is 2.21. The third-order valence-electron chi connectivity index (χ3n) is 2.42. The van der Waals surface area contributed by atoms with Crippen LogP contribution in [0.25, 0.3) is 0 Å². The fourth-order valence-corrected chi connectivity index (χ4v) is 1.79. The highest BCUT2D eigenvalue weighted by Crippen LogP contribution is 2.16. The average molecular weight is 246 g/mol. The molecule has 0 spiro atoms. The van der Waals surface area contributed by atoms with E-state index in [0.29, 0.717) is 5.11 Å². The van der Waals surface area contributed by atoms with E-state index < -0.39 is 5.54 Å². The minimum Gasteiger partial charge on any atom is -0.347 e. The molecule has 0 aromatic heterocycles. The zero-order valence-electron chi connectivity index (χ0n) is 10.7. The largest absolute Gasteiger partial charge is 0.347 e. The van der Waals surface area contributed by atoms with Gasteiger partial charge in [0.1, 0.15) is 0 Å². The van der Waals surface area contributed by atoms with Crippen LogP contribution in [0.5, 0.6) is 0 Å². The molecule has 0 heterocycles. The maximum Gasteiger partial charge on any atom is 0.171 e. The summed E-state index contributed by atoms with van der Waals surface area (Å²) in [5.74, 6) is 2.64. The molecule has 0 aliphatic rings. The van der Waals surface area contributed by atoms with E-state index in [1.54, 1.807) is 0 Å². The molecule has 1 aromatic carbocycles. The molecule has 0 radical (unpaired) electrons. The van der Waals surface area contributed by atoms with Crippen molar-refractivity contribution in [1.29, 1.82) is 0 Å². The summed E-state index contributed by atoms with van der Waals surface area (Å²) in [4.78, 5) is 0. The zero-order chi connectivity index (χ0) is 13.1. The molecule has 0 atom stereocenters. The Kier molecular flexibility index (Phi) is 4.14. The second-order valence-corrected chi connectivity index (χ2v) is 5.08. The Morgan fingerprint density at radius 3 is 2.53 bits per heavy atom. The molecule has 0 aliphatic heterocycles. The van der Waals surface area contributed by atoms with E-state index in [4.69, 9.17) is 18.6 Å². The molecule has 0 saturated heterocycles. The van der Waals surface area contributed by atoms with E-state index in [1.165, 1.54) is 5.56 Å². The van der Waals surface area contributed by atoms with Gasteiger partial charge in [0.05, 0.1) is 5.54 Å². The van der Waals surface area contributed by atoms with Crippen LogP contribution < -0.4 is 10.6 Å². The normalized spacial score (nSPS) is 10.5. The fraction of sp³-hybridized carbons (Fsp3) is 0.357. The van der Waals surface area contributed by atoms with Crippen LogP contribution >= 0.6 is 12.2 Å². The number of benzene rings is 1. The van der Waals surface area contributed by atoms with Crippen molar-refractivity contribution >= 4 is 23.0 Å². The molecule has 0 fully saturated rings. The van der Waals surface area contributed by atoms with Crippen LogP contribution in [0.4, 0.5) is 5.69 Å². The van der Waals surface area contributed by atoms with Gasteiger partial charge in [0, 0.05) is 5.69 Å². The van der Waals surface area contributed by atoms with Gasteiger partial charge in [0.15, 0.2) is 5.11 Å². The summed E-state index contributed by atoms with van der Waals surface area (Å²) in [6, 6.07) is 6.17. The predicted octanol–water partition coefficient (Wildman–Crippen LogP) is 3.00. The van der Waals surface area contributed by atoms with Crippen LogP contribution in [0.2, 0.25) is 0 Å². The number of aryl methyl sites for hydroxylation is 2. The summed E-state index contributed by atoms with van der Waals surface area (Å²) in [5, 5.41) is 6.77. The monoisotopic (exact) mass is 246 g/mol. The Labute approximate surface area is 109 Å². The van der Waals surface area contributed by atoms with Crippen molar-refractivity contribution in [3.05, 3.63) is 29.3 Å². The van der Waals surface area contributed by atoms with Gasteiger partial charge in [0.25, 0.3) is 0 Å². The lowest BCUT2D eigenvalue weighted by atomic mass is 10.1. The number of anilines is 1. The number of hydrogen-bond donors (Lipinski definition) is 2. The second kappa shape index (κ2) is 5.20. The summed E-state index contributed by atoms with van der Waals surface area (Å²) in [5.41, 5.74) is 2.95. The number of rotatable bonds is 2. The molecule has 3 heteroatoms. The summed E-state index contributed by atoms with van der Waals surface area (Å²) >= 11 is 5.23. The van der Waals surface area contributed by atoms with E-state index in [0.717, 1.165) is 11.3 Å². The summed E-state index contributed by atoms with van der Waals surface area (Å²) in [7, 11) is 0. The quantitative estimate of drug-likeness (QED) is 0.619. The van der Waals surface area contributed by atoms with Crippen molar-refractivity contribution in [3.8, 4) is 12.3 Å². The van der Waals surface area contributed by atoms with Gasteiger partial charge in [-0.2, -0.15) is 0 Å². The second-order valence-electron chi connectivity index (χ2n) is 4.67. The highest BCUT2D eigenvalue weighted by Gasteiger charge is 2.14. The minimum atomic E-state index is -0.442. The molecule has 90 valence electrons. The molecular formula is C14H18N2S. The van der Waals surface area contributed by atoms with Gasteiger partial charge >= 0.3 is 0 Å². The maximum absolute atomic E-state index is 5.40. The summed E-state index contributed by atoms with van der Waals surface area (Å²) < 4.78 is 0. The van der Waals surface area contributed by atoms with E-state index in [2.05, 4.69) is 29.5 Å². The van der Waals surface area contributed by atoms with Crippen molar-refractivity contribution in [2.45, 2.75) is 33.2 Å². The van der Waals surface area contributed by atoms with Gasteiger partial charge < -0.3 is 10.6 Å². The minimum absolute atomic E-state index is 0.442. The van der Waals surface area contributed by atoms with Crippen molar-refractivity contribution in [2.24, 2.45) is 0 Å². The molecule has 0 aliphatic carbocycles. The first kappa shape index (κ1) is 13.5. The zero-order valence-corrected chi connectivity index (χ0v) is 11.5. The van der Waals surface area contributed by atoms with Crippen LogP contribution in [0.1, 0.15) is 25.0 Å². The standard InChI is InChI=1S/C14H18N2S/c1-6-14(4,5)16-13(17)15-12-8-7-10(2)9-11(12)3/h1,7-9H,2-5H3,(H2,15,16,17). The van der Waals surface area contributed by atoms with Gasteiger partial charge in [-0.3, -0.25) is 0 Å². The number of hydrogen-bond acceptors (Lipinski definition) is 1. The first-order valence-electron chi connectivity index (χ1n) is 5.48. The number of terminal acetylenes is 1. The molecule has 17 heavy (non-hydrogen) atoms. The SMILES string of the molecule is C#CC(C)(C)NC(=S)Nc1ccc(C)cc1C. The van der Waals surface area contributed by atoms with Crippen molar-refractivity contribution in [2.75, 3.05) is 5.32 Å². The molecule has 0 unspecified atom stereocenters. The van der Waals surface area contributed by atoms with Gasteiger partial charge in [-0.1, -0.05) is 23.6 Å². The topological polar surface area (TPSA) is 24.1 Å². The van der Waals surface area contributed by atoms with Gasteiger partial charge in [-0.15, -0.1) is 6.42 Å². The lowest BCUT2D eigenvalue weighted by Gasteiger charge is -2.22. The summed E-state index contributed by atoms with van der Waals surface area (Å²) in [6.07, 6.45) is 5.40. The molecule has 0 amide bonds. The Hall–Kier alpha value is -1.53. The smallest absolute Gasteiger partial charge is 0.171 e. The first-order valence-corrected chi connectivity index (χ1v) is 5.89. The van der Waals surface area contributed by atoms with E-state index in [9.17, 15) is 0 Å². The number of nitrogens with one attached hydrogen (secondary N) is 2. The van der Waals surface area contributed by atoms with Crippen LogP contribution in [-0.4, -0.2) is 10.7 Å². The molecule has 2 N–H and O–H groups in total. The third kappa shape index (κ3) is 4.08. The molecule has 2 nitrogen and oxygen atoms in total. The van der Waals surface area contributed by atoms with Crippen LogP contribution in [0.15, 0.2) is 18.2 Å². The Balaban J connectivity index is 2.73. The highest BCUT2D eigenvalue weighted by molar-refractivity contribution is 7.80. The van der Waals surface area contributed by atoms with Crippen molar-refractivity contribution in [3.63, 3.8) is 0 Å². The number of thiocarbonyl (C=S) groups is 1. The molecule has 1 rings (SSSR count).